The third kappa shape index (κ3) is 3.65. The molecule has 0 N–H and O–H groups in total. The molecular formula is C11H24N2. The Morgan fingerprint density at radius 1 is 1.08 bits per heavy atom. The van der Waals surface area contributed by atoms with Crippen LogP contribution in [0, 0.1) is 0 Å². The van der Waals surface area contributed by atoms with Gasteiger partial charge < -0.3 is 4.90 Å². The molecule has 0 radical (unpaired) electrons. The van der Waals surface area contributed by atoms with E-state index < -0.39 is 0 Å². The third-order valence-corrected chi connectivity index (χ3v) is 2.64. The highest BCUT2D eigenvalue weighted by molar-refractivity contribution is 4.91. The molecule has 0 aromatic heterocycles. The minimum Gasteiger partial charge on any atom is -0.308 e. The van der Waals surface area contributed by atoms with Crippen LogP contribution in [0.1, 0.15) is 33.6 Å². The Kier molecular flexibility index (Phi) is 3.36. The summed E-state index contributed by atoms with van der Waals surface area (Å²) in [5.74, 6) is 0. The summed E-state index contributed by atoms with van der Waals surface area (Å²) < 4.78 is 0. The largest absolute Gasteiger partial charge is 0.308 e. The topological polar surface area (TPSA) is 6.48 Å². The van der Waals surface area contributed by atoms with Gasteiger partial charge in [0.2, 0.25) is 0 Å². The highest BCUT2D eigenvalue weighted by atomic mass is 15.3. The molecule has 1 saturated carbocycles. The van der Waals surface area contributed by atoms with Crippen LogP contribution in [0.5, 0.6) is 0 Å². The summed E-state index contributed by atoms with van der Waals surface area (Å²) in [7, 11) is 4.29. The lowest BCUT2D eigenvalue weighted by atomic mass is 10.1. The number of hydrogen-bond acceptors (Lipinski definition) is 2. The first-order chi connectivity index (χ1) is 5.91. The van der Waals surface area contributed by atoms with E-state index in [0.717, 1.165) is 6.04 Å². The minimum atomic E-state index is 0.344. The molecular weight excluding hydrogens is 160 g/mol. The first kappa shape index (κ1) is 11.0. The quantitative estimate of drug-likeness (QED) is 0.657. The van der Waals surface area contributed by atoms with Crippen LogP contribution in [0.2, 0.25) is 0 Å². The van der Waals surface area contributed by atoms with Gasteiger partial charge in [0.15, 0.2) is 0 Å². The number of rotatable bonds is 4. The van der Waals surface area contributed by atoms with Gasteiger partial charge in [-0.3, -0.25) is 4.90 Å². The fourth-order valence-corrected chi connectivity index (χ4v) is 1.76. The van der Waals surface area contributed by atoms with Crippen molar-refractivity contribution in [3.8, 4) is 0 Å². The Hall–Kier alpha value is -0.0800. The van der Waals surface area contributed by atoms with Crippen molar-refractivity contribution in [2.24, 2.45) is 0 Å². The maximum Gasteiger partial charge on any atom is 0.0128 e. The fraction of sp³-hybridized carbons (Fsp3) is 1.00. The summed E-state index contributed by atoms with van der Waals surface area (Å²) in [5, 5.41) is 0. The number of nitrogens with zero attached hydrogens (tertiary/aromatic N) is 2. The van der Waals surface area contributed by atoms with Crippen molar-refractivity contribution in [2.75, 3.05) is 27.2 Å². The molecule has 0 atom stereocenters. The maximum absolute atomic E-state index is 2.65. The predicted molar refractivity (Wildman–Crippen MR) is 58.0 cm³/mol. The molecule has 0 aromatic carbocycles. The SMILES string of the molecule is CN(C)CCN(C1CC1)C(C)(C)C. The van der Waals surface area contributed by atoms with Crippen LogP contribution in [-0.2, 0) is 0 Å². The first-order valence-electron chi connectivity index (χ1n) is 5.33. The van der Waals surface area contributed by atoms with E-state index in [2.05, 4.69) is 44.7 Å². The first-order valence-corrected chi connectivity index (χ1v) is 5.33. The van der Waals surface area contributed by atoms with Crippen molar-refractivity contribution < 1.29 is 0 Å². The average Bonchev–Trinajstić information content (AvgIpc) is 2.67. The van der Waals surface area contributed by atoms with Crippen LogP contribution < -0.4 is 0 Å². The Balaban J connectivity index is 2.39. The lowest BCUT2D eigenvalue weighted by molar-refractivity contribution is 0.116. The highest BCUT2D eigenvalue weighted by Crippen LogP contribution is 2.32. The smallest absolute Gasteiger partial charge is 0.0128 e. The van der Waals surface area contributed by atoms with E-state index in [1.165, 1.54) is 25.9 Å². The van der Waals surface area contributed by atoms with Gasteiger partial charge in [-0.05, 0) is 47.7 Å². The van der Waals surface area contributed by atoms with Crippen molar-refractivity contribution in [3.63, 3.8) is 0 Å². The van der Waals surface area contributed by atoms with E-state index in [1.54, 1.807) is 0 Å². The van der Waals surface area contributed by atoms with Gasteiger partial charge in [0.25, 0.3) is 0 Å². The van der Waals surface area contributed by atoms with Crippen LogP contribution >= 0.6 is 0 Å². The number of likely N-dealkylation sites (N-methyl/N-ethyl adjacent to an activating group) is 1. The summed E-state index contributed by atoms with van der Waals surface area (Å²) in [6.07, 6.45) is 2.81. The summed E-state index contributed by atoms with van der Waals surface area (Å²) >= 11 is 0. The molecule has 0 saturated heterocycles. The molecule has 0 spiro atoms. The van der Waals surface area contributed by atoms with Crippen LogP contribution in [0.25, 0.3) is 0 Å². The molecule has 0 heterocycles. The molecule has 13 heavy (non-hydrogen) atoms. The molecule has 1 fully saturated rings. The van der Waals surface area contributed by atoms with E-state index in [1.807, 2.05) is 0 Å². The van der Waals surface area contributed by atoms with Crippen molar-refractivity contribution in [1.29, 1.82) is 0 Å². The van der Waals surface area contributed by atoms with E-state index in [4.69, 9.17) is 0 Å². The molecule has 1 aliphatic rings. The normalized spacial score (nSPS) is 18.7. The van der Waals surface area contributed by atoms with Crippen molar-refractivity contribution in [3.05, 3.63) is 0 Å². The van der Waals surface area contributed by atoms with Gasteiger partial charge in [-0.15, -0.1) is 0 Å². The molecule has 0 unspecified atom stereocenters. The van der Waals surface area contributed by atoms with Gasteiger partial charge in [0.1, 0.15) is 0 Å². The summed E-state index contributed by atoms with van der Waals surface area (Å²) in [5.41, 5.74) is 0.344. The van der Waals surface area contributed by atoms with Gasteiger partial charge in [0, 0.05) is 24.7 Å². The van der Waals surface area contributed by atoms with Crippen molar-refractivity contribution in [1.82, 2.24) is 9.80 Å². The average molecular weight is 184 g/mol. The van der Waals surface area contributed by atoms with Crippen molar-refractivity contribution >= 4 is 0 Å². The monoisotopic (exact) mass is 184 g/mol. The summed E-state index contributed by atoms with van der Waals surface area (Å²) in [4.78, 5) is 4.91. The highest BCUT2D eigenvalue weighted by Gasteiger charge is 2.35. The molecule has 2 heteroatoms. The van der Waals surface area contributed by atoms with Gasteiger partial charge >= 0.3 is 0 Å². The van der Waals surface area contributed by atoms with Crippen LogP contribution in [-0.4, -0.2) is 48.6 Å². The second-order valence-electron chi connectivity index (χ2n) is 5.40. The lowest BCUT2D eigenvalue weighted by Crippen LogP contribution is -2.46. The second kappa shape index (κ2) is 3.97. The lowest BCUT2D eigenvalue weighted by Gasteiger charge is -2.36. The van der Waals surface area contributed by atoms with E-state index in [0.29, 0.717) is 5.54 Å². The standard InChI is InChI=1S/C11H24N2/c1-11(2,3)13(10-6-7-10)9-8-12(4)5/h10H,6-9H2,1-5H3. The second-order valence-corrected chi connectivity index (χ2v) is 5.40. The predicted octanol–water partition coefficient (Wildman–Crippen LogP) is 1.81. The Bertz CT molecular complexity index is 154. The van der Waals surface area contributed by atoms with E-state index >= 15 is 0 Å². The zero-order valence-electron chi connectivity index (χ0n) is 9.80. The Morgan fingerprint density at radius 3 is 1.92 bits per heavy atom. The van der Waals surface area contributed by atoms with Gasteiger partial charge in [-0.2, -0.15) is 0 Å². The molecule has 2 nitrogen and oxygen atoms in total. The van der Waals surface area contributed by atoms with Crippen LogP contribution in [0.15, 0.2) is 0 Å². The molecule has 0 amide bonds. The number of hydrogen-bond donors (Lipinski definition) is 0. The maximum atomic E-state index is 2.65. The van der Waals surface area contributed by atoms with Crippen LogP contribution in [0.4, 0.5) is 0 Å². The minimum absolute atomic E-state index is 0.344. The van der Waals surface area contributed by atoms with Gasteiger partial charge in [-0.25, -0.2) is 0 Å². The van der Waals surface area contributed by atoms with E-state index in [-0.39, 0.29) is 0 Å². The molecule has 0 bridgehead atoms. The van der Waals surface area contributed by atoms with Crippen molar-refractivity contribution in [2.45, 2.75) is 45.2 Å². The molecule has 78 valence electrons. The van der Waals surface area contributed by atoms with Crippen LogP contribution in [0.3, 0.4) is 0 Å². The summed E-state index contributed by atoms with van der Waals surface area (Å²) in [6, 6.07) is 0.875. The van der Waals surface area contributed by atoms with Gasteiger partial charge in [-0.1, -0.05) is 0 Å². The van der Waals surface area contributed by atoms with E-state index in [9.17, 15) is 0 Å². The van der Waals surface area contributed by atoms with Gasteiger partial charge in [0.05, 0.1) is 0 Å². The fourth-order valence-electron chi connectivity index (χ4n) is 1.76. The summed E-state index contributed by atoms with van der Waals surface area (Å²) in [6.45, 7) is 9.35. The zero-order valence-corrected chi connectivity index (χ0v) is 9.80. The molecule has 1 aliphatic carbocycles. The Morgan fingerprint density at radius 2 is 1.62 bits per heavy atom. The zero-order chi connectivity index (χ0) is 10.1. The third-order valence-electron chi connectivity index (χ3n) is 2.64. The molecule has 0 aromatic rings. The Labute approximate surface area is 82.9 Å². The molecule has 0 aliphatic heterocycles. The molecule has 1 rings (SSSR count).